The summed E-state index contributed by atoms with van der Waals surface area (Å²) in [7, 11) is 0. The molecule has 1 aliphatic heterocycles. The highest BCUT2D eigenvalue weighted by Gasteiger charge is 2.38. The molecule has 1 aliphatic rings. The first-order valence-corrected chi connectivity index (χ1v) is 10.4. The number of amides is 2. The molecule has 33 heavy (non-hydrogen) atoms. The van der Waals surface area contributed by atoms with E-state index < -0.39 is 18.2 Å². The maximum absolute atomic E-state index is 12.8. The summed E-state index contributed by atoms with van der Waals surface area (Å²) in [5, 5.41) is 9.91. The van der Waals surface area contributed by atoms with Gasteiger partial charge in [-0.2, -0.15) is 0 Å². The maximum atomic E-state index is 12.8. The van der Waals surface area contributed by atoms with E-state index in [1.54, 1.807) is 36.4 Å². The molecule has 2 N–H and O–H groups in total. The Hall–Kier alpha value is -3.82. The zero-order valence-electron chi connectivity index (χ0n) is 17.6. The van der Waals surface area contributed by atoms with Gasteiger partial charge >= 0.3 is 6.36 Å². The summed E-state index contributed by atoms with van der Waals surface area (Å²) in [6.07, 6.45) is -4.29. The number of rotatable bonds is 6. The van der Waals surface area contributed by atoms with Gasteiger partial charge in [0, 0.05) is 18.2 Å². The van der Waals surface area contributed by atoms with Crippen molar-refractivity contribution in [1.29, 1.82) is 0 Å². The van der Waals surface area contributed by atoms with Gasteiger partial charge in [-0.05, 0) is 30.7 Å². The van der Waals surface area contributed by atoms with Crippen LogP contribution in [0.5, 0.6) is 5.75 Å². The molecule has 2 amide bonds. The summed E-state index contributed by atoms with van der Waals surface area (Å²) in [6, 6.07) is 16.1. The van der Waals surface area contributed by atoms with Crippen LogP contribution in [0.3, 0.4) is 0 Å². The SMILES string of the molecule is CCC1C(=O)NCC1C(=O)Nc1cc(-c2cccc(OC(F)(F)F)c2)n(-c2ccccc2)n1. The number of alkyl halides is 3. The number of halogens is 3. The van der Waals surface area contributed by atoms with Crippen LogP contribution in [0.25, 0.3) is 16.9 Å². The lowest BCUT2D eigenvalue weighted by atomic mass is 9.92. The zero-order valence-corrected chi connectivity index (χ0v) is 17.6. The summed E-state index contributed by atoms with van der Waals surface area (Å²) in [5.41, 5.74) is 1.52. The summed E-state index contributed by atoms with van der Waals surface area (Å²) >= 11 is 0. The molecule has 1 aromatic heterocycles. The molecule has 0 radical (unpaired) electrons. The van der Waals surface area contributed by atoms with Crippen LogP contribution in [0.4, 0.5) is 19.0 Å². The Morgan fingerprint density at radius 3 is 2.64 bits per heavy atom. The largest absolute Gasteiger partial charge is 0.573 e. The fourth-order valence-corrected chi connectivity index (χ4v) is 3.90. The number of nitrogens with one attached hydrogen (secondary N) is 2. The minimum absolute atomic E-state index is 0.158. The number of benzene rings is 2. The van der Waals surface area contributed by atoms with Gasteiger partial charge in [-0.25, -0.2) is 4.68 Å². The Kier molecular flexibility index (Phi) is 6.08. The van der Waals surface area contributed by atoms with Crippen molar-refractivity contribution in [1.82, 2.24) is 15.1 Å². The van der Waals surface area contributed by atoms with Gasteiger partial charge in [-0.3, -0.25) is 9.59 Å². The minimum atomic E-state index is -4.82. The molecule has 2 heterocycles. The molecule has 0 bridgehead atoms. The van der Waals surface area contributed by atoms with Gasteiger partial charge < -0.3 is 15.4 Å². The molecule has 0 saturated carbocycles. The van der Waals surface area contributed by atoms with Gasteiger partial charge in [0.1, 0.15) is 5.75 Å². The Labute approximate surface area is 187 Å². The Morgan fingerprint density at radius 1 is 1.18 bits per heavy atom. The number of hydrogen-bond acceptors (Lipinski definition) is 4. The first-order valence-electron chi connectivity index (χ1n) is 10.4. The van der Waals surface area contributed by atoms with Crippen LogP contribution < -0.4 is 15.4 Å². The Bertz CT molecular complexity index is 1160. The number of nitrogens with zero attached hydrogens (tertiary/aromatic N) is 2. The van der Waals surface area contributed by atoms with Crippen molar-refractivity contribution in [2.75, 3.05) is 11.9 Å². The molecule has 0 spiro atoms. The van der Waals surface area contributed by atoms with E-state index in [-0.39, 0.29) is 29.9 Å². The summed E-state index contributed by atoms with van der Waals surface area (Å²) in [4.78, 5) is 24.8. The van der Waals surface area contributed by atoms with Gasteiger partial charge in [-0.15, -0.1) is 18.3 Å². The Morgan fingerprint density at radius 2 is 1.94 bits per heavy atom. The normalized spacial score (nSPS) is 18.1. The standard InChI is InChI=1S/C23H21F3N4O3/c1-2-17-18(13-27-21(17)31)22(32)28-20-12-19(30(29-20)15-8-4-3-5-9-15)14-7-6-10-16(11-14)33-23(24,25)26/h3-12,17-18H,2,13H2,1H3,(H,27,31)(H,28,29,32). The molecule has 7 nitrogen and oxygen atoms in total. The summed E-state index contributed by atoms with van der Waals surface area (Å²) in [5.74, 6) is -1.61. The molecule has 4 rings (SSSR count). The molecule has 2 aromatic carbocycles. The summed E-state index contributed by atoms with van der Waals surface area (Å²) < 4.78 is 43.6. The van der Waals surface area contributed by atoms with Crippen LogP contribution in [0, 0.1) is 11.8 Å². The third-order valence-corrected chi connectivity index (χ3v) is 5.42. The lowest BCUT2D eigenvalue weighted by molar-refractivity contribution is -0.274. The third kappa shape index (κ3) is 5.00. The van der Waals surface area contributed by atoms with Gasteiger partial charge in [0.05, 0.1) is 23.2 Å². The quantitative estimate of drug-likeness (QED) is 0.581. The second-order valence-corrected chi connectivity index (χ2v) is 7.59. The van der Waals surface area contributed by atoms with Crippen LogP contribution in [-0.2, 0) is 9.59 Å². The van der Waals surface area contributed by atoms with Crippen molar-refractivity contribution in [2.24, 2.45) is 11.8 Å². The number of hydrogen-bond donors (Lipinski definition) is 2. The van der Waals surface area contributed by atoms with E-state index in [4.69, 9.17) is 0 Å². The zero-order chi connectivity index (χ0) is 23.6. The number of ether oxygens (including phenoxy) is 1. The third-order valence-electron chi connectivity index (χ3n) is 5.42. The van der Waals surface area contributed by atoms with Crippen LogP contribution in [-0.4, -0.2) is 34.5 Å². The number of anilines is 1. The van der Waals surface area contributed by atoms with Crippen LogP contribution in [0.2, 0.25) is 0 Å². The first-order chi connectivity index (χ1) is 15.7. The van der Waals surface area contributed by atoms with E-state index in [0.29, 0.717) is 23.4 Å². The van der Waals surface area contributed by atoms with E-state index in [1.807, 2.05) is 13.0 Å². The second kappa shape index (κ2) is 8.97. The molecular weight excluding hydrogens is 437 g/mol. The number of para-hydroxylation sites is 1. The maximum Gasteiger partial charge on any atom is 0.573 e. The smallest absolute Gasteiger partial charge is 0.406 e. The fraction of sp³-hybridized carbons (Fsp3) is 0.261. The van der Waals surface area contributed by atoms with Crippen LogP contribution in [0.1, 0.15) is 13.3 Å². The van der Waals surface area contributed by atoms with Gasteiger partial charge in [-0.1, -0.05) is 37.3 Å². The van der Waals surface area contributed by atoms with Crippen molar-refractivity contribution < 1.29 is 27.5 Å². The summed E-state index contributed by atoms with van der Waals surface area (Å²) in [6.45, 7) is 2.08. The van der Waals surface area contributed by atoms with Crippen LogP contribution in [0.15, 0.2) is 60.7 Å². The lowest BCUT2D eigenvalue weighted by Crippen LogP contribution is -2.29. The molecule has 2 unspecified atom stereocenters. The van der Waals surface area contributed by atoms with E-state index in [1.165, 1.54) is 22.9 Å². The molecule has 172 valence electrons. The highest BCUT2D eigenvalue weighted by Crippen LogP contribution is 2.31. The van der Waals surface area contributed by atoms with Gasteiger partial charge in [0.2, 0.25) is 11.8 Å². The molecule has 10 heteroatoms. The van der Waals surface area contributed by atoms with Gasteiger partial charge in [0.15, 0.2) is 5.82 Å². The predicted molar refractivity (Wildman–Crippen MR) is 115 cm³/mol. The van der Waals surface area contributed by atoms with E-state index >= 15 is 0 Å². The highest BCUT2D eigenvalue weighted by atomic mass is 19.4. The van der Waals surface area contributed by atoms with Gasteiger partial charge in [0.25, 0.3) is 0 Å². The predicted octanol–water partition coefficient (Wildman–Crippen LogP) is 4.15. The molecule has 0 aliphatic carbocycles. The Balaban J connectivity index is 1.68. The number of carbonyl (C=O) groups excluding carboxylic acids is 2. The number of aromatic nitrogens is 2. The average Bonchev–Trinajstić information content (AvgIpc) is 3.36. The minimum Gasteiger partial charge on any atom is -0.406 e. The topological polar surface area (TPSA) is 85.3 Å². The molecular formula is C23H21F3N4O3. The highest BCUT2D eigenvalue weighted by molar-refractivity contribution is 5.98. The number of carbonyl (C=O) groups is 2. The van der Waals surface area contributed by atoms with E-state index in [0.717, 1.165) is 0 Å². The fourth-order valence-electron chi connectivity index (χ4n) is 3.90. The van der Waals surface area contributed by atoms with Crippen molar-refractivity contribution >= 4 is 17.6 Å². The lowest BCUT2D eigenvalue weighted by Gasteiger charge is -2.13. The monoisotopic (exact) mass is 458 g/mol. The molecule has 2 atom stereocenters. The van der Waals surface area contributed by atoms with Crippen molar-refractivity contribution in [2.45, 2.75) is 19.7 Å². The second-order valence-electron chi connectivity index (χ2n) is 7.59. The van der Waals surface area contributed by atoms with Crippen molar-refractivity contribution in [3.63, 3.8) is 0 Å². The molecule has 3 aromatic rings. The molecule has 1 saturated heterocycles. The van der Waals surface area contributed by atoms with E-state index in [2.05, 4.69) is 20.5 Å². The van der Waals surface area contributed by atoms with Crippen molar-refractivity contribution in [3.8, 4) is 22.7 Å². The average molecular weight is 458 g/mol. The van der Waals surface area contributed by atoms with Crippen molar-refractivity contribution in [3.05, 3.63) is 60.7 Å². The molecule has 1 fully saturated rings. The van der Waals surface area contributed by atoms with Crippen LogP contribution >= 0.6 is 0 Å². The van der Waals surface area contributed by atoms with E-state index in [9.17, 15) is 22.8 Å². The first kappa shape index (κ1) is 22.4.